The molecule has 6 nitrogen and oxygen atoms in total. The number of methoxy groups -OCH3 is 1. The van der Waals surface area contributed by atoms with Gasteiger partial charge in [-0.3, -0.25) is 9.59 Å². The molecule has 0 N–H and O–H groups in total. The maximum Gasteiger partial charge on any atom is 0.265 e. The molecule has 0 radical (unpaired) electrons. The van der Waals surface area contributed by atoms with Crippen LogP contribution in [0.2, 0.25) is 0 Å². The maximum atomic E-state index is 12.9. The van der Waals surface area contributed by atoms with Crippen LogP contribution in [-0.2, 0) is 9.53 Å². The van der Waals surface area contributed by atoms with Crippen molar-refractivity contribution in [3.05, 3.63) is 16.1 Å². The van der Waals surface area contributed by atoms with Gasteiger partial charge in [-0.1, -0.05) is 0 Å². The quantitative estimate of drug-likeness (QED) is 0.836. The van der Waals surface area contributed by atoms with Gasteiger partial charge in [-0.25, -0.2) is 4.98 Å². The van der Waals surface area contributed by atoms with Crippen molar-refractivity contribution in [2.24, 2.45) is 5.41 Å². The molecule has 0 saturated carbocycles. The Hall–Kier alpha value is -1.47. The fourth-order valence-corrected chi connectivity index (χ4v) is 4.41. The molecule has 2 saturated heterocycles. The van der Waals surface area contributed by atoms with Crippen molar-refractivity contribution in [1.82, 2.24) is 14.8 Å². The summed E-state index contributed by atoms with van der Waals surface area (Å²) in [6, 6.07) is 0. The fraction of sp³-hybridized carbons (Fsp3) is 0.688. The van der Waals surface area contributed by atoms with E-state index in [4.69, 9.17) is 4.74 Å². The number of amides is 2. The van der Waals surface area contributed by atoms with Crippen LogP contribution in [0.3, 0.4) is 0 Å². The Balaban J connectivity index is 1.71. The highest BCUT2D eigenvalue weighted by atomic mass is 32.1. The third kappa shape index (κ3) is 2.99. The molecule has 7 heteroatoms. The number of aromatic nitrogens is 1. The average Bonchev–Trinajstić information content (AvgIpc) is 3.16. The molecule has 3 rings (SSSR count). The number of hydrogen-bond donors (Lipinski definition) is 0. The van der Waals surface area contributed by atoms with Gasteiger partial charge in [0.25, 0.3) is 5.91 Å². The van der Waals surface area contributed by atoms with E-state index >= 15 is 0 Å². The third-order valence-electron chi connectivity index (χ3n) is 4.97. The Morgan fingerprint density at radius 3 is 2.96 bits per heavy atom. The Morgan fingerprint density at radius 1 is 1.43 bits per heavy atom. The molecule has 23 heavy (non-hydrogen) atoms. The maximum absolute atomic E-state index is 12.9. The van der Waals surface area contributed by atoms with Crippen LogP contribution in [0.25, 0.3) is 0 Å². The van der Waals surface area contributed by atoms with E-state index in [1.807, 2.05) is 16.7 Å². The summed E-state index contributed by atoms with van der Waals surface area (Å²) < 4.78 is 5.10. The smallest absolute Gasteiger partial charge is 0.265 e. The topological polar surface area (TPSA) is 62.7 Å². The molecule has 126 valence electrons. The van der Waals surface area contributed by atoms with Crippen molar-refractivity contribution in [3.63, 3.8) is 0 Å². The zero-order chi connectivity index (χ0) is 16.4. The van der Waals surface area contributed by atoms with Crippen molar-refractivity contribution < 1.29 is 14.3 Å². The second-order valence-corrected chi connectivity index (χ2v) is 7.27. The zero-order valence-electron chi connectivity index (χ0n) is 13.7. The molecule has 0 aliphatic carbocycles. The van der Waals surface area contributed by atoms with Crippen molar-refractivity contribution >= 4 is 23.2 Å². The highest BCUT2D eigenvalue weighted by Gasteiger charge is 2.49. The minimum absolute atomic E-state index is 0.0173. The molecule has 2 aliphatic rings. The summed E-state index contributed by atoms with van der Waals surface area (Å²) in [5, 5.41) is 0. The van der Waals surface area contributed by atoms with E-state index in [0.717, 1.165) is 31.5 Å². The lowest BCUT2D eigenvalue weighted by Gasteiger charge is -2.39. The molecule has 1 aromatic rings. The molecule has 3 heterocycles. The van der Waals surface area contributed by atoms with Crippen molar-refractivity contribution in [2.45, 2.75) is 26.2 Å². The van der Waals surface area contributed by atoms with Crippen LogP contribution < -0.4 is 0 Å². The predicted octanol–water partition coefficient (Wildman–Crippen LogP) is 1.55. The molecule has 2 aliphatic heterocycles. The van der Waals surface area contributed by atoms with E-state index in [1.165, 1.54) is 11.3 Å². The number of hydrogen-bond acceptors (Lipinski definition) is 5. The highest BCUT2D eigenvalue weighted by Crippen LogP contribution is 2.40. The van der Waals surface area contributed by atoms with Gasteiger partial charge in [0.2, 0.25) is 5.91 Å². The molecule has 1 spiro atoms. The number of carbonyl (C=O) groups excluding carboxylic acids is 2. The van der Waals surface area contributed by atoms with E-state index in [0.29, 0.717) is 31.1 Å². The standard InChI is InChI=1S/C16H23N3O3S/c1-12-13(23-11-17-12)14(20)19-7-5-16(10-19)4-3-6-18(15(16)21)8-9-22-2/h11H,3-10H2,1-2H3/t16-/m1/s1. The van der Waals surface area contributed by atoms with Crippen LogP contribution in [0.4, 0.5) is 0 Å². The normalized spacial score (nSPS) is 24.7. The molecular formula is C16H23N3O3S. The lowest BCUT2D eigenvalue weighted by Crippen LogP contribution is -2.51. The number of rotatable bonds is 4. The number of thiazole rings is 1. The average molecular weight is 337 g/mol. The molecule has 2 amide bonds. The van der Waals surface area contributed by atoms with E-state index in [2.05, 4.69) is 4.98 Å². The number of piperidine rings is 1. The molecule has 1 atom stereocenters. The Labute approximate surface area is 140 Å². The second kappa shape index (κ2) is 6.57. The summed E-state index contributed by atoms with van der Waals surface area (Å²) in [7, 11) is 1.65. The van der Waals surface area contributed by atoms with Gasteiger partial charge in [-0.2, -0.15) is 0 Å². The van der Waals surface area contributed by atoms with E-state index in [9.17, 15) is 9.59 Å². The fourth-order valence-electron chi connectivity index (χ4n) is 3.64. The van der Waals surface area contributed by atoms with Crippen LogP contribution in [0.1, 0.15) is 34.6 Å². The Kier molecular flexibility index (Phi) is 4.68. The van der Waals surface area contributed by atoms with Gasteiger partial charge < -0.3 is 14.5 Å². The van der Waals surface area contributed by atoms with E-state index < -0.39 is 0 Å². The first-order valence-corrected chi connectivity index (χ1v) is 8.93. The van der Waals surface area contributed by atoms with Gasteiger partial charge in [0.05, 0.1) is 23.2 Å². The summed E-state index contributed by atoms with van der Waals surface area (Å²) in [6.45, 7) is 5.04. The first-order valence-electron chi connectivity index (χ1n) is 8.05. The summed E-state index contributed by atoms with van der Waals surface area (Å²) in [4.78, 5) is 34.2. The van der Waals surface area contributed by atoms with Gasteiger partial charge in [0.1, 0.15) is 4.88 Å². The largest absolute Gasteiger partial charge is 0.383 e. The summed E-state index contributed by atoms with van der Waals surface area (Å²) in [5.41, 5.74) is 2.09. The minimum Gasteiger partial charge on any atom is -0.383 e. The van der Waals surface area contributed by atoms with Crippen molar-refractivity contribution in [1.29, 1.82) is 0 Å². The number of ether oxygens (including phenoxy) is 1. The highest BCUT2D eigenvalue weighted by molar-refractivity contribution is 7.11. The number of carbonyl (C=O) groups is 2. The second-order valence-electron chi connectivity index (χ2n) is 6.41. The Morgan fingerprint density at radius 2 is 2.26 bits per heavy atom. The summed E-state index contributed by atoms with van der Waals surface area (Å²) in [6.07, 6.45) is 2.64. The van der Waals surface area contributed by atoms with Crippen molar-refractivity contribution in [3.8, 4) is 0 Å². The van der Waals surface area contributed by atoms with Gasteiger partial charge in [0, 0.05) is 33.3 Å². The zero-order valence-corrected chi connectivity index (χ0v) is 14.5. The van der Waals surface area contributed by atoms with Crippen molar-refractivity contribution in [2.75, 3.05) is 39.9 Å². The van der Waals surface area contributed by atoms with Crippen LogP contribution in [0, 0.1) is 12.3 Å². The van der Waals surface area contributed by atoms with Crippen LogP contribution >= 0.6 is 11.3 Å². The predicted molar refractivity (Wildman–Crippen MR) is 87.5 cm³/mol. The van der Waals surface area contributed by atoms with Gasteiger partial charge >= 0.3 is 0 Å². The minimum atomic E-state index is -0.389. The first kappa shape index (κ1) is 16.4. The first-order chi connectivity index (χ1) is 11.1. The van der Waals surface area contributed by atoms with Crippen LogP contribution in [0.15, 0.2) is 5.51 Å². The van der Waals surface area contributed by atoms with Gasteiger partial charge in [-0.05, 0) is 26.2 Å². The summed E-state index contributed by atoms with van der Waals surface area (Å²) >= 11 is 1.38. The van der Waals surface area contributed by atoms with E-state index in [-0.39, 0.29) is 17.2 Å². The molecule has 0 aromatic carbocycles. The molecule has 0 unspecified atom stereocenters. The monoisotopic (exact) mass is 337 g/mol. The molecule has 1 aromatic heterocycles. The molecule has 0 bridgehead atoms. The van der Waals surface area contributed by atoms with Gasteiger partial charge in [-0.15, -0.1) is 11.3 Å². The lowest BCUT2D eigenvalue weighted by molar-refractivity contribution is -0.146. The molecular weight excluding hydrogens is 314 g/mol. The van der Waals surface area contributed by atoms with Crippen LogP contribution in [0.5, 0.6) is 0 Å². The number of nitrogens with zero attached hydrogens (tertiary/aromatic N) is 3. The Bertz CT molecular complexity index is 603. The third-order valence-corrected chi connectivity index (χ3v) is 5.89. The number of likely N-dealkylation sites (tertiary alicyclic amines) is 2. The van der Waals surface area contributed by atoms with Gasteiger partial charge in [0.15, 0.2) is 0 Å². The van der Waals surface area contributed by atoms with Crippen LogP contribution in [-0.4, -0.2) is 66.5 Å². The summed E-state index contributed by atoms with van der Waals surface area (Å²) in [5.74, 6) is 0.209. The van der Waals surface area contributed by atoms with E-state index in [1.54, 1.807) is 12.6 Å². The SMILES string of the molecule is COCCN1CCC[C@]2(CCN(C(=O)c3scnc3C)C2)C1=O. The molecule has 2 fully saturated rings. The lowest BCUT2D eigenvalue weighted by atomic mass is 9.78. The number of aryl methyl sites for hydroxylation is 1.